The molecule has 0 aliphatic heterocycles. The highest BCUT2D eigenvalue weighted by atomic mass is 16.6. The molecule has 1 unspecified atom stereocenters. The van der Waals surface area contributed by atoms with E-state index in [0.29, 0.717) is 19.3 Å². The maximum absolute atomic E-state index is 12.8. The Kier molecular flexibility index (Phi) is 53.7. The van der Waals surface area contributed by atoms with E-state index in [0.717, 1.165) is 57.8 Å². The SMILES string of the molecule is CCCCCCCC/C=C\CCCCCCCCCCCC(=O)OCC(COC(=O)CCCCCCCCCCCCC)OC(=O)CCCCCCCCC/C=C\CCCCCCCCC. The molecule has 0 radical (unpaired) electrons. The Morgan fingerprint density at radius 3 is 0.758 bits per heavy atom. The number of unbranched alkanes of at least 4 members (excludes halogenated alkanes) is 39. The Hall–Kier alpha value is -2.11. The second-order valence-electron chi connectivity index (χ2n) is 19.9. The third-order valence-electron chi connectivity index (χ3n) is 13.2. The normalized spacial score (nSPS) is 12.1. The molecular formula is C60H112O6. The van der Waals surface area contributed by atoms with Gasteiger partial charge in [0.2, 0.25) is 0 Å². The van der Waals surface area contributed by atoms with E-state index < -0.39 is 6.10 Å². The highest BCUT2D eigenvalue weighted by Crippen LogP contribution is 2.16. The molecule has 1 atom stereocenters. The first kappa shape index (κ1) is 63.9. The summed E-state index contributed by atoms with van der Waals surface area (Å²) in [4.78, 5) is 38.1. The van der Waals surface area contributed by atoms with Crippen molar-refractivity contribution in [3.05, 3.63) is 24.3 Å². The van der Waals surface area contributed by atoms with Gasteiger partial charge in [-0.2, -0.15) is 0 Å². The molecule has 0 bridgehead atoms. The first-order chi connectivity index (χ1) is 32.5. The standard InChI is InChI=1S/C60H112O6/c1-4-7-10-13-16-19-22-24-26-28-30-32-33-35-38-41-44-47-50-53-59(62)65-56-57(55-64-58(61)52-49-46-43-40-37-21-18-15-12-9-6-3)66-60(63)54-51-48-45-42-39-36-34-31-29-27-25-23-20-17-14-11-8-5-2/h24,26-27,29,57H,4-23,25,28,30-56H2,1-3H3/b26-24-,29-27-. The molecule has 0 aromatic rings. The first-order valence-corrected chi connectivity index (χ1v) is 29.3. The van der Waals surface area contributed by atoms with Crippen molar-refractivity contribution < 1.29 is 28.6 Å². The van der Waals surface area contributed by atoms with E-state index in [1.807, 2.05) is 0 Å². The van der Waals surface area contributed by atoms with Gasteiger partial charge in [-0.3, -0.25) is 14.4 Å². The Morgan fingerprint density at radius 2 is 0.500 bits per heavy atom. The lowest BCUT2D eigenvalue weighted by atomic mass is 10.1. The van der Waals surface area contributed by atoms with E-state index in [-0.39, 0.29) is 31.1 Å². The quantitative estimate of drug-likeness (QED) is 0.0262. The molecule has 0 heterocycles. The van der Waals surface area contributed by atoms with Gasteiger partial charge in [-0.1, -0.05) is 257 Å². The van der Waals surface area contributed by atoms with Gasteiger partial charge in [0.25, 0.3) is 0 Å². The molecule has 0 N–H and O–H groups in total. The topological polar surface area (TPSA) is 78.9 Å². The van der Waals surface area contributed by atoms with Crippen LogP contribution >= 0.6 is 0 Å². The van der Waals surface area contributed by atoms with Gasteiger partial charge in [-0.05, 0) is 70.6 Å². The summed E-state index contributed by atoms with van der Waals surface area (Å²) >= 11 is 0. The van der Waals surface area contributed by atoms with Crippen LogP contribution in [-0.4, -0.2) is 37.2 Å². The molecule has 0 aromatic carbocycles. The highest BCUT2D eigenvalue weighted by molar-refractivity contribution is 5.71. The average Bonchev–Trinajstić information content (AvgIpc) is 3.31. The predicted molar refractivity (Wildman–Crippen MR) is 284 cm³/mol. The van der Waals surface area contributed by atoms with Crippen LogP contribution in [0.1, 0.15) is 323 Å². The van der Waals surface area contributed by atoms with Gasteiger partial charge in [-0.25, -0.2) is 0 Å². The van der Waals surface area contributed by atoms with Crippen LogP contribution in [0, 0.1) is 0 Å². The Labute approximate surface area is 411 Å². The summed E-state index contributed by atoms with van der Waals surface area (Å²) < 4.78 is 16.9. The Balaban J connectivity index is 4.29. The number of carbonyl (C=O) groups is 3. The van der Waals surface area contributed by atoms with Crippen molar-refractivity contribution in [1.82, 2.24) is 0 Å². The second-order valence-corrected chi connectivity index (χ2v) is 19.9. The molecule has 6 heteroatoms. The number of carbonyl (C=O) groups excluding carboxylic acids is 3. The highest BCUT2D eigenvalue weighted by Gasteiger charge is 2.19. The van der Waals surface area contributed by atoms with Crippen molar-refractivity contribution in [3.63, 3.8) is 0 Å². The Bertz CT molecular complexity index is 1070. The molecule has 0 saturated carbocycles. The number of ether oxygens (including phenoxy) is 3. The molecule has 0 spiro atoms. The monoisotopic (exact) mass is 929 g/mol. The van der Waals surface area contributed by atoms with Crippen LogP contribution in [0.25, 0.3) is 0 Å². The summed E-state index contributed by atoms with van der Waals surface area (Å²) in [6.45, 7) is 6.67. The van der Waals surface area contributed by atoms with E-state index >= 15 is 0 Å². The minimum atomic E-state index is -0.770. The third-order valence-corrected chi connectivity index (χ3v) is 13.2. The van der Waals surface area contributed by atoms with Crippen LogP contribution in [-0.2, 0) is 28.6 Å². The summed E-state index contributed by atoms with van der Waals surface area (Å²) in [7, 11) is 0. The number of allylic oxidation sites excluding steroid dienone is 4. The van der Waals surface area contributed by atoms with Crippen molar-refractivity contribution in [1.29, 1.82) is 0 Å². The lowest BCUT2D eigenvalue weighted by molar-refractivity contribution is -0.167. The van der Waals surface area contributed by atoms with E-state index in [2.05, 4.69) is 45.1 Å². The van der Waals surface area contributed by atoms with Crippen LogP contribution in [0.5, 0.6) is 0 Å². The van der Waals surface area contributed by atoms with Crippen molar-refractivity contribution >= 4 is 17.9 Å². The second kappa shape index (κ2) is 55.5. The van der Waals surface area contributed by atoms with E-state index in [1.54, 1.807) is 0 Å². The van der Waals surface area contributed by atoms with Crippen molar-refractivity contribution in [2.24, 2.45) is 0 Å². The fourth-order valence-electron chi connectivity index (χ4n) is 8.73. The molecule has 0 aromatic heterocycles. The lowest BCUT2D eigenvalue weighted by Gasteiger charge is -2.18. The van der Waals surface area contributed by atoms with Crippen LogP contribution in [0.2, 0.25) is 0 Å². The van der Waals surface area contributed by atoms with Crippen molar-refractivity contribution in [2.45, 2.75) is 329 Å². The van der Waals surface area contributed by atoms with E-state index in [1.165, 1.54) is 225 Å². The minimum Gasteiger partial charge on any atom is -0.462 e. The van der Waals surface area contributed by atoms with Gasteiger partial charge in [0, 0.05) is 19.3 Å². The smallest absolute Gasteiger partial charge is 0.306 e. The minimum absolute atomic E-state index is 0.0693. The molecular weight excluding hydrogens is 817 g/mol. The first-order valence-electron chi connectivity index (χ1n) is 29.3. The largest absolute Gasteiger partial charge is 0.462 e. The van der Waals surface area contributed by atoms with E-state index in [4.69, 9.17) is 14.2 Å². The zero-order chi connectivity index (χ0) is 47.9. The van der Waals surface area contributed by atoms with Gasteiger partial charge >= 0.3 is 17.9 Å². The molecule has 0 aliphatic rings. The average molecular weight is 930 g/mol. The van der Waals surface area contributed by atoms with Crippen LogP contribution in [0.4, 0.5) is 0 Å². The maximum atomic E-state index is 12.8. The number of hydrogen-bond donors (Lipinski definition) is 0. The molecule has 6 nitrogen and oxygen atoms in total. The molecule has 0 rings (SSSR count). The molecule has 388 valence electrons. The molecule has 0 amide bonds. The van der Waals surface area contributed by atoms with Crippen LogP contribution in [0.3, 0.4) is 0 Å². The summed E-state index contributed by atoms with van der Waals surface area (Å²) in [6, 6.07) is 0. The van der Waals surface area contributed by atoms with E-state index in [9.17, 15) is 14.4 Å². The zero-order valence-corrected chi connectivity index (χ0v) is 44.5. The van der Waals surface area contributed by atoms with Gasteiger partial charge in [-0.15, -0.1) is 0 Å². The number of hydrogen-bond acceptors (Lipinski definition) is 6. The predicted octanol–water partition coefficient (Wildman–Crippen LogP) is 19.5. The maximum Gasteiger partial charge on any atom is 0.306 e. The van der Waals surface area contributed by atoms with Gasteiger partial charge < -0.3 is 14.2 Å². The summed E-state index contributed by atoms with van der Waals surface area (Å²) in [6.07, 6.45) is 64.5. The summed E-state index contributed by atoms with van der Waals surface area (Å²) in [5, 5.41) is 0. The van der Waals surface area contributed by atoms with Gasteiger partial charge in [0.05, 0.1) is 0 Å². The number of rotatable bonds is 54. The Morgan fingerprint density at radius 1 is 0.288 bits per heavy atom. The van der Waals surface area contributed by atoms with Gasteiger partial charge in [0.1, 0.15) is 13.2 Å². The summed E-state index contributed by atoms with van der Waals surface area (Å²) in [5.41, 5.74) is 0. The number of esters is 3. The fourth-order valence-corrected chi connectivity index (χ4v) is 8.73. The van der Waals surface area contributed by atoms with Crippen molar-refractivity contribution in [2.75, 3.05) is 13.2 Å². The van der Waals surface area contributed by atoms with Crippen LogP contribution in [0.15, 0.2) is 24.3 Å². The molecule has 0 saturated heterocycles. The zero-order valence-electron chi connectivity index (χ0n) is 44.5. The molecule has 0 fully saturated rings. The molecule has 66 heavy (non-hydrogen) atoms. The lowest BCUT2D eigenvalue weighted by Crippen LogP contribution is -2.30. The molecule has 0 aliphatic carbocycles. The van der Waals surface area contributed by atoms with Gasteiger partial charge in [0.15, 0.2) is 6.10 Å². The van der Waals surface area contributed by atoms with Crippen molar-refractivity contribution in [3.8, 4) is 0 Å². The fraction of sp³-hybridized carbons (Fsp3) is 0.883. The van der Waals surface area contributed by atoms with Crippen LogP contribution < -0.4 is 0 Å². The summed E-state index contributed by atoms with van der Waals surface area (Å²) in [5.74, 6) is -0.857. The third kappa shape index (κ3) is 52.9.